The molecule has 1 heterocycles. The molecular weight excluding hydrogens is 298 g/mol. The second-order valence-electron chi connectivity index (χ2n) is 6.56. The minimum Gasteiger partial charge on any atom is -0.624 e. The van der Waals surface area contributed by atoms with Crippen LogP contribution in [-0.4, -0.2) is 24.1 Å². The monoisotopic (exact) mass is 319 g/mol. The van der Waals surface area contributed by atoms with Crippen LogP contribution in [0, 0.1) is 11.1 Å². The third-order valence-corrected chi connectivity index (χ3v) is 5.31. The first-order valence-corrected chi connectivity index (χ1v) is 8.44. The molecule has 0 radical (unpaired) electrons. The molecule has 0 saturated carbocycles. The number of nitrogens with zero attached hydrogens (tertiary/aromatic N) is 1. The number of fused-ring (bicyclic) bond motifs is 1. The predicted molar refractivity (Wildman–Crippen MR) is 95.1 cm³/mol. The number of rotatable bonds is 3. The summed E-state index contributed by atoms with van der Waals surface area (Å²) in [6.07, 6.45) is 2.80. The number of hydroxylamine groups is 1. The Morgan fingerprint density at radius 3 is 2.08 bits per heavy atom. The molecule has 1 aliphatic carbocycles. The predicted octanol–water partition coefficient (Wildman–Crippen LogP) is 4.07. The molecule has 0 fully saturated rings. The van der Waals surface area contributed by atoms with Gasteiger partial charge in [-0.2, -0.15) is 0 Å². The van der Waals surface area contributed by atoms with E-state index in [0.29, 0.717) is 6.54 Å². The van der Waals surface area contributed by atoms with E-state index < -0.39 is 0 Å². The van der Waals surface area contributed by atoms with E-state index in [4.69, 9.17) is 4.74 Å². The number of hydrogen-bond donors (Lipinski definition) is 0. The molecular formula is C21H21NO2. The highest BCUT2D eigenvalue weighted by Crippen LogP contribution is 2.46. The topological polar surface area (TPSA) is 35.3 Å². The lowest BCUT2D eigenvalue weighted by molar-refractivity contribution is -0.450. The maximum absolute atomic E-state index is 12.6. The van der Waals surface area contributed by atoms with E-state index in [-0.39, 0.29) is 17.8 Å². The summed E-state index contributed by atoms with van der Waals surface area (Å²) in [7, 11) is 1.69. The maximum Gasteiger partial charge on any atom is 0.195 e. The maximum atomic E-state index is 12.6. The van der Waals surface area contributed by atoms with E-state index in [0.717, 1.165) is 22.6 Å². The summed E-state index contributed by atoms with van der Waals surface area (Å²) in [6, 6.07) is 20.9. The van der Waals surface area contributed by atoms with Gasteiger partial charge >= 0.3 is 0 Å². The van der Waals surface area contributed by atoms with Crippen molar-refractivity contribution >= 4 is 5.71 Å². The molecule has 3 nitrogen and oxygen atoms in total. The number of methoxy groups -OCH3 is 1. The van der Waals surface area contributed by atoms with Gasteiger partial charge in [0.1, 0.15) is 5.76 Å². The van der Waals surface area contributed by atoms with E-state index in [1.807, 2.05) is 18.2 Å². The third kappa shape index (κ3) is 2.50. The average Bonchev–Trinajstić information content (AvgIpc) is 2.99. The molecule has 24 heavy (non-hydrogen) atoms. The fraction of sp³-hybridized carbons (Fsp3) is 0.286. The van der Waals surface area contributed by atoms with Crippen LogP contribution in [-0.2, 0) is 4.74 Å². The molecule has 0 aromatic heterocycles. The third-order valence-electron chi connectivity index (χ3n) is 5.31. The van der Waals surface area contributed by atoms with E-state index in [2.05, 4.69) is 48.5 Å². The molecule has 0 spiro atoms. The minimum atomic E-state index is 0.200. The van der Waals surface area contributed by atoms with Crippen LogP contribution < -0.4 is 0 Å². The SMILES string of the molecule is COC1=CC2=[N+]([O-])CC(c3ccccc3)C2C(c2ccccc2)C1. The van der Waals surface area contributed by atoms with Crippen molar-refractivity contribution in [2.45, 2.75) is 18.3 Å². The zero-order valence-corrected chi connectivity index (χ0v) is 13.8. The van der Waals surface area contributed by atoms with Crippen LogP contribution in [0.15, 0.2) is 72.5 Å². The van der Waals surface area contributed by atoms with Crippen LogP contribution in [0.5, 0.6) is 0 Å². The quantitative estimate of drug-likeness (QED) is 0.631. The minimum absolute atomic E-state index is 0.200. The van der Waals surface area contributed by atoms with Gasteiger partial charge in [-0.1, -0.05) is 60.7 Å². The molecule has 2 aromatic carbocycles. The van der Waals surface area contributed by atoms with Crippen LogP contribution >= 0.6 is 0 Å². The van der Waals surface area contributed by atoms with Gasteiger partial charge in [0.15, 0.2) is 12.3 Å². The summed E-state index contributed by atoms with van der Waals surface area (Å²) in [5.74, 6) is 1.58. The Morgan fingerprint density at radius 1 is 0.917 bits per heavy atom. The second-order valence-corrected chi connectivity index (χ2v) is 6.56. The number of ether oxygens (including phenoxy) is 1. The van der Waals surface area contributed by atoms with Gasteiger partial charge in [-0.25, -0.2) is 4.74 Å². The van der Waals surface area contributed by atoms with Crippen molar-refractivity contribution in [1.29, 1.82) is 0 Å². The first kappa shape index (κ1) is 15.0. The summed E-state index contributed by atoms with van der Waals surface area (Å²) in [6.45, 7) is 0.515. The zero-order valence-electron chi connectivity index (χ0n) is 13.8. The molecule has 0 N–H and O–H groups in total. The molecule has 2 aromatic rings. The highest BCUT2D eigenvalue weighted by molar-refractivity contribution is 5.96. The van der Waals surface area contributed by atoms with Crippen molar-refractivity contribution in [3.8, 4) is 0 Å². The molecule has 3 atom stereocenters. The van der Waals surface area contributed by atoms with E-state index in [1.54, 1.807) is 7.11 Å². The van der Waals surface area contributed by atoms with Gasteiger partial charge in [0.25, 0.3) is 0 Å². The van der Waals surface area contributed by atoms with Crippen LogP contribution in [0.2, 0.25) is 0 Å². The Kier molecular flexibility index (Phi) is 3.85. The summed E-state index contributed by atoms with van der Waals surface area (Å²) < 4.78 is 6.68. The first-order valence-electron chi connectivity index (χ1n) is 8.44. The van der Waals surface area contributed by atoms with Crippen molar-refractivity contribution in [3.63, 3.8) is 0 Å². The molecule has 3 heteroatoms. The number of allylic oxidation sites excluding steroid dienone is 2. The zero-order chi connectivity index (χ0) is 16.5. The van der Waals surface area contributed by atoms with Crippen LogP contribution in [0.4, 0.5) is 0 Å². The summed E-state index contributed by atoms with van der Waals surface area (Å²) in [5, 5.41) is 12.6. The Labute approximate surface area is 142 Å². The fourth-order valence-electron chi connectivity index (χ4n) is 4.17. The summed E-state index contributed by atoms with van der Waals surface area (Å²) >= 11 is 0. The Balaban J connectivity index is 1.80. The summed E-state index contributed by atoms with van der Waals surface area (Å²) in [5.41, 5.74) is 3.38. The molecule has 0 bridgehead atoms. The van der Waals surface area contributed by atoms with Gasteiger partial charge in [-0.05, 0) is 11.1 Å². The lowest BCUT2D eigenvalue weighted by atomic mass is 9.70. The normalized spacial score (nSPS) is 26.0. The van der Waals surface area contributed by atoms with E-state index in [1.165, 1.54) is 11.1 Å². The molecule has 3 unspecified atom stereocenters. The van der Waals surface area contributed by atoms with Crippen molar-refractivity contribution in [1.82, 2.24) is 0 Å². The van der Waals surface area contributed by atoms with Crippen LogP contribution in [0.1, 0.15) is 29.4 Å². The molecule has 0 saturated heterocycles. The number of benzene rings is 2. The highest BCUT2D eigenvalue weighted by atomic mass is 16.5. The Morgan fingerprint density at radius 2 is 1.50 bits per heavy atom. The van der Waals surface area contributed by atoms with Gasteiger partial charge in [-0.15, -0.1) is 0 Å². The molecule has 0 amide bonds. The highest BCUT2D eigenvalue weighted by Gasteiger charge is 2.47. The molecule has 4 rings (SSSR count). The molecule has 1 aliphatic heterocycles. The van der Waals surface area contributed by atoms with Gasteiger partial charge in [-0.3, -0.25) is 0 Å². The van der Waals surface area contributed by atoms with Gasteiger partial charge in [0.2, 0.25) is 0 Å². The van der Waals surface area contributed by atoms with Crippen molar-refractivity contribution in [2.24, 2.45) is 5.92 Å². The van der Waals surface area contributed by atoms with Crippen molar-refractivity contribution in [2.75, 3.05) is 13.7 Å². The standard InChI is InChI=1S/C21H21NO2/c1-24-17-12-18(15-8-4-2-5-9-15)21-19(14-22(23)20(21)13-17)16-10-6-3-7-11-16/h2-11,13,18-19,21H,12,14H2,1H3. The Bertz CT molecular complexity index is 780. The molecule has 122 valence electrons. The van der Waals surface area contributed by atoms with Gasteiger partial charge in [0.05, 0.1) is 18.9 Å². The average molecular weight is 319 g/mol. The lowest BCUT2D eigenvalue weighted by Crippen LogP contribution is -2.29. The van der Waals surface area contributed by atoms with Crippen LogP contribution in [0.25, 0.3) is 0 Å². The van der Waals surface area contributed by atoms with Crippen molar-refractivity contribution < 1.29 is 9.48 Å². The van der Waals surface area contributed by atoms with Gasteiger partial charge in [0, 0.05) is 18.4 Å². The fourth-order valence-corrected chi connectivity index (χ4v) is 4.17. The van der Waals surface area contributed by atoms with Crippen molar-refractivity contribution in [3.05, 3.63) is 88.8 Å². The van der Waals surface area contributed by atoms with Gasteiger partial charge < -0.3 is 9.94 Å². The van der Waals surface area contributed by atoms with E-state index in [9.17, 15) is 5.21 Å². The number of hydrogen-bond acceptors (Lipinski definition) is 2. The Hall–Kier alpha value is -2.55. The first-order chi connectivity index (χ1) is 11.8. The van der Waals surface area contributed by atoms with Crippen LogP contribution in [0.3, 0.4) is 0 Å². The lowest BCUT2D eigenvalue weighted by Gasteiger charge is -2.30. The molecule has 2 aliphatic rings. The smallest absolute Gasteiger partial charge is 0.195 e. The largest absolute Gasteiger partial charge is 0.624 e. The van der Waals surface area contributed by atoms with E-state index >= 15 is 0 Å². The second kappa shape index (κ2) is 6.16. The summed E-state index contributed by atoms with van der Waals surface area (Å²) in [4.78, 5) is 0.